The van der Waals surface area contributed by atoms with E-state index in [0.29, 0.717) is 0 Å². The summed E-state index contributed by atoms with van der Waals surface area (Å²) in [7, 11) is -4.17. The Morgan fingerprint density at radius 2 is 1.71 bits per heavy atom. The van der Waals surface area contributed by atoms with Crippen molar-refractivity contribution in [2.75, 3.05) is 0 Å². The number of hydrogen-bond donors (Lipinski definition) is 2. The summed E-state index contributed by atoms with van der Waals surface area (Å²) in [6.45, 7) is 2.20. The highest BCUT2D eigenvalue weighted by Crippen LogP contribution is 2.00. The third-order valence-electron chi connectivity index (χ3n) is 1.38. The van der Waals surface area contributed by atoms with Crippen LogP contribution in [-0.2, 0) is 16.7 Å². The Morgan fingerprint density at radius 1 is 1.29 bits per heavy atom. The van der Waals surface area contributed by atoms with Gasteiger partial charge in [0.1, 0.15) is 0 Å². The summed E-state index contributed by atoms with van der Waals surface area (Å²) in [6.07, 6.45) is 2.45. The fourth-order valence-electron chi connectivity index (χ4n) is 0.933. The van der Waals surface area contributed by atoms with Gasteiger partial charge in [-0.15, -0.1) is 0 Å². The van der Waals surface area contributed by atoms with Gasteiger partial charge in [-0.1, -0.05) is 43.7 Å². The summed E-state index contributed by atoms with van der Waals surface area (Å²) in [5.74, 6) is 0. The van der Waals surface area contributed by atoms with Gasteiger partial charge in [-0.3, -0.25) is 4.55 Å². The lowest BCUT2D eigenvalue weighted by atomic mass is 10.1. The van der Waals surface area contributed by atoms with Crippen molar-refractivity contribution in [3.05, 3.63) is 35.9 Å². The molecule has 0 spiro atoms. The minimum Gasteiger partial charge on any atom is -0.274 e. The van der Waals surface area contributed by atoms with Gasteiger partial charge in [-0.2, -0.15) is 8.42 Å². The zero-order chi connectivity index (χ0) is 11.0. The zero-order valence-corrected chi connectivity index (χ0v) is 8.87. The van der Waals surface area contributed by atoms with E-state index in [1.54, 1.807) is 0 Å². The van der Waals surface area contributed by atoms with E-state index in [0.717, 1.165) is 0 Å². The van der Waals surface area contributed by atoms with E-state index in [-0.39, 0.29) is 0 Å². The fraction of sp³-hybridized carbons (Fsp3) is 0.333. The van der Waals surface area contributed by atoms with Crippen LogP contribution in [0.1, 0.15) is 18.9 Å². The van der Waals surface area contributed by atoms with E-state index in [9.17, 15) is 0 Å². The zero-order valence-electron chi connectivity index (χ0n) is 8.05. The molecule has 4 nitrogen and oxygen atoms in total. The number of rotatable bonds is 2. The average Bonchev–Trinajstić information content (AvgIpc) is 2.03. The third-order valence-corrected chi connectivity index (χ3v) is 1.38. The minimum absolute atomic E-state index is 1.21. The lowest BCUT2D eigenvalue weighted by Gasteiger charge is -1.93. The molecule has 0 saturated carbocycles. The van der Waals surface area contributed by atoms with Crippen LogP contribution in [-0.4, -0.2) is 13.0 Å². The van der Waals surface area contributed by atoms with Crippen LogP contribution in [0.4, 0.5) is 0 Å². The molecule has 1 aromatic carbocycles. The molecule has 0 amide bonds. The molecule has 0 bridgehead atoms. The van der Waals surface area contributed by atoms with Gasteiger partial charge in [0.15, 0.2) is 0 Å². The average molecular weight is 217 g/mol. The monoisotopic (exact) mass is 217 g/mol. The van der Waals surface area contributed by atoms with E-state index in [2.05, 4.69) is 42.4 Å². The van der Waals surface area contributed by atoms with Gasteiger partial charge in [0.25, 0.3) is 0 Å². The second-order valence-electron chi connectivity index (χ2n) is 2.75. The van der Waals surface area contributed by atoms with Gasteiger partial charge >= 0.3 is 10.3 Å². The second kappa shape index (κ2) is 6.53. The topological polar surface area (TPSA) is 80.4 Å². The van der Waals surface area contributed by atoms with E-state index >= 15 is 0 Å². The highest BCUT2D eigenvalue weighted by molar-refractivity contribution is 7.83. The van der Waals surface area contributed by atoms with Gasteiger partial charge in [-0.05, 0) is 12.0 Å². The number of hydrogen-bond acceptors (Lipinski definition) is 2. The van der Waals surface area contributed by atoms with Gasteiger partial charge in [0, 0.05) is 0 Å². The smallest absolute Gasteiger partial charge is 0.274 e. The lowest BCUT2D eigenvalue weighted by molar-refractivity contribution is 0.485. The van der Waals surface area contributed by atoms with Crippen LogP contribution >= 0.6 is 0 Å². The van der Waals surface area contributed by atoms with Crippen molar-refractivity contribution < 1.29 is 13.0 Å². The van der Waals surface area contributed by atoms with Gasteiger partial charge in [0.2, 0.25) is 0 Å². The molecular weight excluding hydrogens is 202 g/mol. The first-order chi connectivity index (χ1) is 6.43. The van der Waals surface area contributed by atoms with Crippen LogP contribution in [0, 0.1) is 0 Å². The molecule has 80 valence electrons. The quantitative estimate of drug-likeness (QED) is 0.734. The molecule has 1 aromatic rings. The maximum atomic E-state index is 8.97. The molecule has 0 unspecified atom stereocenters. The molecule has 0 aliphatic heterocycles. The normalized spacial score (nSPS) is 10.2. The molecule has 14 heavy (non-hydrogen) atoms. The van der Waals surface area contributed by atoms with Crippen molar-refractivity contribution in [1.29, 1.82) is 0 Å². The highest BCUT2D eigenvalue weighted by Gasteiger charge is 1.84. The molecule has 1 rings (SSSR count). The Morgan fingerprint density at radius 3 is 2.07 bits per heavy atom. The van der Waals surface area contributed by atoms with Crippen LogP contribution in [0.25, 0.3) is 0 Å². The van der Waals surface area contributed by atoms with Gasteiger partial charge in [-0.25, -0.2) is 5.14 Å². The molecule has 0 atom stereocenters. The van der Waals surface area contributed by atoms with Crippen LogP contribution in [0.3, 0.4) is 0 Å². The molecule has 0 aliphatic carbocycles. The molecule has 0 radical (unpaired) electrons. The first-order valence-electron chi connectivity index (χ1n) is 4.22. The van der Waals surface area contributed by atoms with Crippen molar-refractivity contribution >= 4 is 10.3 Å². The maximum absolute atomic E-state index is 8.97. The molecule has 0 heterocycles. The second-order valence-corrected chi connectivity index (χ2v) is 3.78. The molecule has 5 heteroatoms. The number of aryl methyl sites for hydroxylation is 1. The van der Waals surface area contributed by atoms with E-state index in [1.807, 2.05) is 0 Å². The van der Waals surface area contributed by atoms with Crippen molar-refractivity contribution in [2.24, 2.45) is 5.14 Å². The summed E-state index contributed by atoms with van der Waals surface area (Å²) in [5, 5.41) is 3.88. The Balaban J connectivity index is 0.000000292. The molecule has 3 N–H and O–H groups in total. The SMILES string of the molecule is CCCc1ccccc1.NS(=O)(=O)O. The van der Waals surface area contributed by atoms with E-state index in [1.165, 1.54) is 18.4 Å². The lowest BCUT2D eigenvalue weighted by Crippen LogP contribution is -2.08. The van der Waals surface area contributed by atoms with E-state index < -0.39 is 10.3 Å². The molecule has 0 saturated heterocycles. The van der Waals surface area contributed by atoms with Crippen molar-refractivity contribution in [2.45, 2.75) is 19.8 Å². The Bertz CT molecular complexity index is 326. The van der Waals surface area contributed by atoms with Crippen LogP contribution < -0.4 is 5.14 Å². The molecule has 0 fully saturated rings. The van der Waals surface area contributed by atoms with Gasteiger partial charge in [0.05, 0.1) is 0 Å². The van der Waals surface area contributed by atoms with Crippen molar-refractivity contribution in [3.63, 3.8) is 0 Å². The van der Waals surface area contributed by atoms with Crippen LogP contribution in [0.2, 0.25) is 0 Å². The summed E-state index contributed by atoms with van der Waals surface area (Å²) in [5.41, 5.74) is 1.44. The van der Waals surface area contributed by atoms with Crippen molar-refractivity contribution in [3.8, 4) is 0 Å². The molecule has 0 aromatic heterocycles. The molecular formula is C9H15NO3S. The minimum atomic E-state index is -4.17. The number of nitrogens with two attached hydrogens (primary N) is 1. The summed E-state index contributed by atoms with van der Waals surface area (Å²) in [6, 6.07) is 10.6. The number of benzene rings is 1. The van der Waals surface area contributed by atoms with Gasteiger partial charge < -0.3 is 0 Å². The first kappa shape index (κ1) is 13.1. The van der Waals surface area contributed by atoms with Crippen LogP contribution in [0.15, 0.2) is 30.3 Å². The highest BCUT2D eigenvalue weighted by atomic mass is 32.2. The predicted octanol–water partition coefficient (Wildman–Crippen LogP) is 1.39. The Labute approximate surface area is 84.6 Å². The largest absolute Gasteiger partial charge is 0.330 e. The van der Waals surface area contributed by atoms with Crippen LogP contribution in [0.5, 0.6) is 0 Å². The summed E-state index contributed by atoms with van der Waals surface area (Å²) in [4.78, 5) is 0. The summed E-state index contributed by atoms with van der Waals surface area (Å²) < 4.78 is 25.2. The van der Waals surface area contributed by atoms with Crippen molar-refractivity contribution in [1.82, 2.24) is 0 Å². The fourth-order valence-corrected chi connectivity index (χ4v) is 0.933. The first-order valence-corrected chi connectivity index (χ1v) is 5.73. The summed E-state index contributed by atoms with van der Waals surface area (Å²) >= 11 is 0. The predicted molar refractivity (Wildman–Crippen MR) is 56.2 cm³/mol. The van der Waals surface area contributed by atoms with E-state index in [4.69, 9.17) is 13.0 Å². The maximum Gasteiger partial charge on any atom is 0.330 e. The Hall–Kier alpha value is -0.910. The Kier molecular flexibility index (Phi) is 6.11. The standard InChI is InChI=1S/C9H12.H3NO3S/c1-2-6-9-7-4-3-5-8-9;1-5(2,3)4/h3-5,7-8H,2,6H2,1H3;(H3,1,2,3,4). The third kappa shape index (κ3) is 11.1. The molecule has 0 aliphatic rings.